The van der Waals surface area contributed by atoms with Gasteiger partial charge in [-0.15, -0.1) is 0 Å². The molecule has 1 N–H and O–H groups in total. The van der Waals surface area contributed by atoms with Gasteiger partial charge in [-0.3, -0.25) is 4.79 Å². The molecule has 0 aromatic heterocycles. The smallest absolute Gasteiger partial charge is 0.416 e. The van der Waals surface area contributed by atoms with E-state index in [4.69, 9.17) is 4.74 Å². The van der Waals surface area contributed by atoms with Crippen molar-refractivity contribution in [3.8, 4) is 0 Å². The fourth-order valence-electron chi connectivity index (χ4n) is 5.19. The molecule has 0 spiro atoms. The molecule has 1 aromatic carbocycles. The van der Waals surface area contributed by atoms with E-state index in [1.165, 1.54) is 15.3 Å². The molecule has 1 aliphatic carbocycles. The third-order valence-electron chi connectivity index (χ3n) is 7.59. The highest BCUT2D eigenvalue weighted by Gasteiger charge is 2.47. The predicted molar refractivity (Wildman–Crippen MR) is 136 cm³/mol. The fourth-order valence-corrected chi connectivity index (χ4v) is 6.77. The lowest BCUT2D eigenvalue weighted by Gasteiger charge is -2.32. The van der Waals surface area contributed by atoms with Crippen LogP contribution in [0.1, 0.15) is 59.4 Å². The van der Waals surface area contributed by atoms with E-state index in [2.05, 4.69) is 5.32 Å². The first-order valence-electron chi connectivity index (χ1n) is 12.8. The molecule has 2 amide bonds. The predicted octanol–water partition coefficient (Wildman–Crippen LogP) is 4.50. The van der Waals surface area contributed by atoms with Crippen LogP contribution < -0.4 is 5.32 Å². The van der Waals surface area contributed by atoms with Crippen molar-refractivity contribution in [3.63, 3.8) is 0 Å². The van der Waals surface area contributed by atoms with E-state index in [9.17, 15) is 31.2 Å². The van der Waals surface area contributed by atoms with Gasteiger partial charge in [-0.1, -0.05) is 13.0 Å². The Morgan fingerprint density at radius 1 is 1.16 bits per heavy atom. The number of fused-ring (bicyclic) bond motifs is 1. The van der Waals surface area contributed by atoms with Gasteiger partial charge in [-0.2, -0.15) is 17.5 Å². The lowest BCUT2D eigenvalue weighted by molar-refractivity contribution is -0.137. The summed E-state index contributed by atoms with van der Waals surface area (Å²) in [6, 6.07) is 3.30. The number of carbonyl (C=O) groups is 2. The number of sulfonamides is 1. The highest BCUT2D eigenvalue weighted by atomic mass is 32.2. The van der Waals surface area contributed by atoms with Gasteiger partial charge in [0.15, 0.2) is 0 Å². The second kappa shape index (κ2) is 11.0. The molecule has 0 radical (unpaired) electrons. The number of benzene rings is 1. The van der Waals surface area contributed by atoms with Crippen LogP contribution in [0.25, 0.3) is 0 Å². The number of amides is 2. The second-order valence-corrected chi connectivity index (χ2v) is 13.5. The highest BCUT2D eigenvalue weighted by Crippen LogP contribution is 2.41. The van der Waals surface area contributed by atoms with Gasteiger partial charge >= 0.3 is 12.3 Å². The monoisotopic (exact) mass is 561 g/mol. The summed E-state index contributed by atoms with van der Waals surface area (Å²) in [5.41, 5.74) is -1.64. The summed E-state index contributed by atoms with van der Waals surface area (Å²) in [6.45, 7) is 9.42. The Hall–Kier alpha value is -2.34. The van der Waals surface area contributed by atoms with Crippen molar-refractivity contribution >= 4 is 22.0 Å². The lowest BCUT2D eigenvalue weighted by atomic mass is 9.96. The average Bonchev–Trinajstić information content (AvgIpc) is 3.39. The number of rotatable bonds is 7. The van der Waals surface area contributed by atoms with Gasteiger partial charge in [-0.05, 0) is 76.5 Å². The van der Waals surface area contributed by atoms with E-state index >= 15 is 0 Å². The molecule has 0 bridgehead atoms. The highest BCUT2D eigenvalue weighted by molar-refractivity contribution is 7.89. The number of nitrogens with one attached hydrogen (secondary N) is 1. The molecule has 0 unspecified atom stereocenters. The van der Waals surface area contributed by atoms with Crippen molar-refractivity contribution in [2.45, 2.75) is 82.6 Å². The summed E-state index contributed by atoms with van der Waals surface area (Å²) in [6.07, 6.45) is -3.51. The minimum Gasteiger partial charge on any atom is -0.444 e. The van der Waals surface area contributed by atoms with Crippen LogP contribution in [0.15, 0.2) is 29.2 Å². The van der Waals surface area contributed by atoms with Crippen molar-refractivity contribution in [3.05, 3.63) is 29.8 Å². The molecule has 214 valence electrons. The summed E-state index contributed by atoms with van der Waals surface area (Å²) in [5, 5.41) is 3.04. The molecule has 38 heavy (non-hydrogen) atoms. The molecule has 12 heteroatoms. The van der Waals surface area contributed by atoms with Gasteiger partial charge in [0.1, 0.15) is 5.60 Å². The molecule has 1 saturated heterocycles. The Labute approximate surface area is 222 Å². The standard InChI is InChI=1S/C26H38F3N3O5S/c1-16(17(2)31(6)24(34)37-25(3,4)5)12-23(33)30-22-11-10-18-14-32(15-21(18)22)38(35,36)20-9-7-8-19(13-20)26(27,28)29/h7-9,13,16-18,21-22H,10-12,14-15H2,1-6H3,(H,30,33)/t16-,17+,18+,21-,22-/m1/s1. The third kappa shape index (κ3) is 6.99. The van der Waals surface area contributed by atoms with E-state index in [0.29, 0.717) is 12.5 Å². The molecule has 2 aliphatic rings. The number of halogens is 3. The summed E-state index contributed by atoms with van der Waals surface area (Å²) in [5.74, 6) is -0.440. The summed E-state index contributed by atoms with van der Waals surface area (Å²) in [7, 11) is -2.47. The van der Waals surface area contributed by atoms with E-state index in [-0.39, 0.29) is 60.2 Å². The Balaban J connectivity index is 1.59. The number of hydrogen-bond donors (Lipinski definition) is 1. The quantitative estimate of drug-likeness (QED) is 0.529. The molecule has 1 aliphatic heterocycles. The van der Waals surface area contributed by atoms with Crippen LogP contribution in [-0.4, -0.2) is 67.4 Å². The Bertz CT molecular complexity index is 1140. The molecule has 1 saturated carbocycles. The minimum absolute atomic E-state index is 0.0236. The molecule has 3 rings (SSSR count). The molecule has 1 heterocycles. The first-order chi connectivity index (χ1) is 17.4. The van der Waals surface area contributed by atoms with Crippen LogP contribution in [0.2, 0.25) is 0 Å². The van der Waals surface area contributed by atoms with Gasteiger partial charge in [-0.25, -0.2) is 13.2 Å². The maximum absolute atomic E-state index is 13.1. The Morgan fingerprint density at radius 3 is 2.42 bits per heavy atom. The maximum Gasteiger partial charge on any atom is 0.416 e. The van der Waals surface area contributed by atoms with E-state index in [1.807, 2.05) is 13.8 Å². The Morgan fingerprint density at radius 2 is 1.82 bits per heavy atom. The van der Waals surface area contributed by atoms with E-state index in [1.54, 1.807) is 27.8 Å². The van der Waals surface area contributed by atoms with Crippen LogP contribution in [0.4, 0.5) is 18.0 Å². The number of hydrogen-bond acceptors (Lipinski definition) is 5. The van der Waals surface area contributed by atoms with Crippen LogP contribution in [0.3, 0.4) is 0 Å². The minimum atomic E-state index is -4.64. The zero-order valence-corrected chi connectivity index (χ0v) is 23.5. The topological polar surface area (TPSA) is 96.0 Å². The molecular formula is C26H38F3N3O5S. The second-order valence-electron chi connectivity index (χ2n) is 11.5. The van der Waals surface area contributed by atoms with Gasteiger partial charge in [0.2, 0.25) is 15.9 Å². The SMILES string of the molecule is C[C@H](CC(=O)N[C@@H]1CC[C@H]2CN(S(=O)(=O)c3cccc(C(F)(F)F)c3)C[C@H]21)[C@H](C)N(C)C(=O)OC(C)(C)C. The van der Waals surface area contributed by atoms with E-state index < -0.39 is 33.5 Å². The summed E-state index contributed by atoms with van der Waals surface area (Å²) in [4.78, 5) is 26.3. The van der Waals surface area contributed by atoms with Crippen LogP contribution >= 0.6 is 0 Å². The Kier molecular flexibility index (Phi) is 8.77. The molecule has 5 atom stereocenters. The number of nitrogens with zero attached hydrogens (tertiary/aromatic N) is 2. The first-order valence-corrected chi connectivity index (χ1v) is 14.3. The van der Waals surface area contributed by atoms with Crippen molar-refractivity contribution in [1.82, 2.24) is 14.5 Å². The van der Waals surface area contributed by atoms with Crippen molar-refractivity contribution in [2.24, 2.45) is 17.8 Å². The normalized spacial score (nSPS) is 24.0. The molecule has 2 fully saturated rings. The largest absolute Gasteiger partial charge is 0.444 e. The number of carbonyl (C=O) groups excluding carboxylic acids is 2. The third-order valence-corrected chi connectivity index (χ3v) is 9.42. The van der Waals surface area contributed by atoms with Gasteiger partial charge in [0.25, 0.3) is 0 Å². The van der Waals surface area contributed by atoms with Crippen molar-refractivity contribution in [1.29, 1.82) is 0 Å². The van der Waals surface area contributed by atoms with Crippen LogP contribution in [-0.2, 0) is 25.7 Å². The first kappa shape index (κ1) is 30.2. The van der Waals surface area contributed by atoms with Crippen molar-refractivity contribution in [2.75, 3.05) is 20.1 Å². The fraction of sp³-hybridized carbons (Fsp3) is 0.692. The maximum atomic E-state index is 13.1. The number of ether oxygens (including phenoxy) is 1. The zero-order valence-electron chi connectivity index (χ0n) is 22.7. The summed E-state index contributed by atoms with van der Waals surface area (Å²) >= 11 is 0. The summed E-state index contributed by atoms with van der Waals surface area (Å²) < 4.78 is 72.2. The molecule has 8 nitrogen and oxygen atoms in total. The van der Waals surface area contributed by atoms with Gasteiger partial charge < -0.3 is 15.0 Å². The van der Waals surface area contributed by atoms with Crippen molar-refractivity contribution < 1.29 is 35.9 Å². The van der Waals surface area contributed by atoms with Gasteiger partial charge in [0.05, 0.1) is 10.5 Å². The molecule has 1 aromatic rings. The van der Waals surface area contributed by atoms with Gasteiger partial charge in [0, 0.05) is 38.6 Å². The van der Waals surface area contributed by atoms with Crippen LogP contribution in [0.5, 0.6) is 0 Å². The molecular weight excluding hydrogens is 523 g/mol. The van der Waals surface area contributed by atoms with Crippen LogP contribution in [0, 0.1) is 17.8 Å². The number of alkyl halides is 3. The zero-order chi connectivity index (χ0) is 28.6. The van der Waals surface area contributed by atoms with E-state index in [0.717, 1.165) is 18.6 Å². The lowest BCUT2D eigenvalue weighted by Crippen LogP contribution is -2.45. The average molecular weight is 562 g/mol.